The third kappa shape index (κ3) is 4.66. The topological polar surface area (TPSA) is 78.9 Å². The van der Waals surface area contributed by atoms with Gasteiger partial charge in [-0.3, -0.25) is 4.79 Å². The normalized spacial score (nSPS) is 13.8. The molecule has 1 aliphatic heterocycles. The van der Waals surface area contributed by atoms with E-state index in [2.05, 4.69) is 5.32 Å². The van der Waals surface area contributed by atoms with E-state index in [9.17, 15) is 9.59 Å². The van der Waals surface area contributed by atoms with Crippen molar-refractivity contribution in [2.45, 2.75) is 25.8 Å². The summed E-state index contributed by atoms with van der Waals surface area (Å²) in [6, 6.07) is 7.56. The molecular formula is C15H20N2O4. The van der Waals surface area contributed by atoms with E-state index >= 15 is 0 Å². The standard InChI is InChI=1S/C15H20N2O4/c18-14(19)7-3-4-8-16-15(20)17-9-10-21-13-6-2-1-5-12(13)11-17/h1-2,5-6H,3-4,7-11H2,(H,16,20)(H,18,19). The molecule has 0 spiro atoms. The first-order valence-corrected chi connectivity index (χ1v) is 7.12. The van der Waals surface area contributed by atoms with E-state index in [-0.39, 0.29) is 12.5 Å². The van der Waals surface area contributed by atoms with E-state index in [1.165, 1.54) is 0 Å². The highest BCUT2D eigenvalue weighted by atomic mass is 16.5. The Balaban J connectivity index is 1.79. The number of carbonyl (C=O) groups excluding carboxylic acids is 1. The molecule has 0 saturated heterocycles. The first-order valence-electron chi connectivity index (χ1n) is 7.12. The van der Waals surface area contributed by atoms with Crippen LogP contribution in [0.3, 0.4) is 0 Å². The summed E-state index contributed by atoms with van der Waals surface area (Å²) in [5.74, 6) is 0.0249. The zero-order chi connectivity index (χ0) is 15.1. The van der Waals surface area contributed by atoms with Gasteiger partial charge in [-0.2, -0.15) is 0 Å². The Morgan fingerprint density at radius 3 is 2.90 bits per heavy atom. The average molecular weight is 292 g/mol. The molecule has 0 saturated carbocycles. The molecule has 0 aliphatic carbocycles. The maximum absolute atomic E-state index is 12.1. The smallest absolute Gasteiger partial charge is 0.317 e. The van der Waals surface area contributed by atoms with Crippen molar-refractivity contribution in [1.29, 1.82) is 0 Å². The highest BCUT2D eigenvalue weighted by molar-refractivity contribution is 5.74. The van der Waals surface area contributed by atoms with Gasteiger partial charge in [0.05, 0.1) is 13.1 Å². The van der Waals surface area contributed by atoms with Crippen LogP contribution < -0.4 is 10.1 Å². The molecule has 1 aromatic rings. The van der Waals surface area contributed by atoms with Gasteiger partial charge in [0.2, 0.25) is 0 Å². The molecule has 0 bridgehead atoms. The predicted octanol–water partition coefficient (Wildman–Crippen LogP) is 1.85. The van der Waals surface area contributed by atoms with Crippen LogP contribution in [0.1, 0.15) is 24.8 Å². The number of unbranched alkanes of at least 4 members (excludes halogenated alkanes) is 1. The Labute approximate surface area is 123 Å². The van der Waals surface area contributed by atoms with Gasteiger partial charge in [0, 0.05) is 18.5 Å². The number of nitrogens with one attached hydrogen (secondary N) is 1. The maximum Gasteiger partial charge on any atom is 0.317 e. The number of urea groups is 1. The summed E-state index contributed by atoms with van der Waals surface area (Å²) >= 11 is 0. The summed E-state index contributed by atoms with van der Waals surface area (Å²) in [6.07, 6.45) is 1.38. The van der Waals surface area contributed by atoms with Crippen molar-refractivity contribution in [3.63, 3.8) is 0 Å². The van der Waals surface area contributed by atoms with Gasteiger partial charge >= 0.3 is 12.0 Å². The molecule has 0 unspecified atom stereocenters. The van der Waals surface area contributed by atoms with Gasteiger partial charge in [-0.1, -0.05) is 18.2 Å². The van der Waals surface area contributed by atoms with E-state index in [1.807, 2.05) is 24.3 Å². The second kappa shape index (κ2) is 7.52. The number of fused-ring (bicyclic) bond motifs is 1. The van der Waals surface area contributed by atoms with Crippen molar-refractivity contribution in [2.75, 3.05) is 19.7 Å². The summed E-state index contributed by atoms with van der Waals surface area (Å²) in [6.45, 7) is 2.03. The van der Waals surface area contributed by atoms with Crippen LogP contribution in [-0.2, 0) is 11.3 Å². The molecule has 2 rings (SSSR count). The van der Waals surface area contributed by atoms with E-state index < -0.39 is 5.97 Å². The molecule has 6 heteroatoms. The van der Waals surface area contributed by atoms with Crippen LogP contribution in [0.25, 0.3) is 0 Å². The number of rotatable bonds is 5. The van der Waals surface area contributed by atoms with Gasteiger partial charge in [-0.05, 0) is 18.9 Å². The van der Waals surface area contributed by atoms with Gasteiger partial charge in [-0.15, -0.1) is 0 Å². The van der Waals surface area contributed by atoms with E-state index in [1.54, 1.807) is 4.90 Å². The first-order chi connectivity index (χ1) is 10.2. The number of amides is 2. The Morgan fingerprint density at radius 1 is 1.29 bits per heavy atom. The number of carboxylic acid groups (broad SMARTS) is 1. The number of carbonyl (C=O) groups is 2. The van der Waals surface area contributed by atoms with Gasteiger partial charge in [0.25, 0.3) is 0 Å². The zero-order valence-corrected chi connectivity index (χ0v) is 11.9. The van der Waals surface area contributed by atoms with Crippen molar-refractivity contribution in [2.24, 2.45) is 0 Å². The number of aliphatic carboxylic acids is 1. The van der Waals surface area contributed by atoms with Crippen LogP contribution in [-0.4, -0.2) is 41.7 Å². The van der Waals surface area contributed by atoms with Crippen LogP contribution in [0.5, 0.6) is 5.75 Å². The van der Waals surface area contributed by atoms with Crippen LogP contribution in [0.4, 0.5) is 4.79 Å². The molecule has 0 fully saturated rings. The van der Waals surface area contributed by atoms with Crippen molar-refractivity contribution < 1.29 is 19.4 Å². The molecule has 0 aromatic heterocycles. The Kier molecular flexibility index (Phi) is 5.43. The zero-order valence-electron chi connectivity index (χ0n) is 11.9. The van der Waals surface area contributed by atoms with Crippen LogP contribution in [0.15, 0.2) is 24.3 Å². The minimum absolute atomic E-state index is 0.134. The van der Waals surface area contributed by atoms with Crippen molar-refractivity contribution >= 4 is 12.0 Å². The summed E-state index contributed by atoms with van der Waals surface area (Å²) < 4.78 is 5.61. The second-order valence-corrected chi connectivity index (χ2v) is 4.96. The lowest BCUT2D eigenvalue weighted by Gasteiger charge is -2.20. The molecular weight excluding hydrogens is 272 g/mol. The molecule has 21 heavy (non-hydrogen) atoms. The minimum atomic E-state index is -0.803. The molecule has 2 N–H and O–H groups in total. The fourth-order valence-electron chi connectivity index (χ4n) is 2.21. The van der Waals surface area contributed by atoms with Gasteiger partial charge in [0.1, 0.15) is 12.4 Å². The summed E-state index contributed by atoms with van der Waals surface area (Å²) in [4.78, 5) is 24.2. The summed E-state index contributed by atoms with van der Waals surface area (Å²) in [5, 5.41) is 11.4. The van der Waals surface area contributed by atoms with E-state index in [0.29, 0.717) is 39.1 Å². The van der Waals surface area contributed by atoms with Crippen LogP contribution in [0.2, 0.25) is 0 Å². The number of benzene rings is 1. The van der Waals surface area contributed by atoms with E-state index in [0.717, 1.165) is 11.3 Å². The third-order valence-corrected chi connectivity index (χ3v) is 3.33. The van der Waals surface area contributed by atoms with Crippen LogP contribution in [0, 0.1) is 0 Å². The number of hydrogen-bond donors (Lipinski definition) is 2. The summed E-state index contributed by atoms with van der Waals surface area (Å²) in [5.41, 5.74) is 0.996. The summed E-state index contributed by atoms with van der Waals surface area (Å²) in [7, 11) is 0. The Hall–Kier alpha value is -2.24. The highest BCUT2D eigenvalue weighted by Gasteiger charge is 2.18. The number of carboxylic acids is 1. The Morgan fingerprint density at radius 2 is 2.10 bits per heavy atom. The number of ether oxygens (including phenoxy) is 1. The minimum Gasteiger partial charge on any atom is -0.491 e. The third-order valence-electron chi connectivity index (χ3n) is 3.33. The second-order valence-electron chi connectivity index (χ2n) is 4.96. The molecule has 114 valence electrons. The lowest BCUT2D eigenvalue weighted by Crippen LogP contribution is -2.41. The SMILES string of the molecule is O=C(O)CCCCNC(=O)N1CCOc2ccccc2C1. The lowest BCUT2D eigenvalue weighted by molar-refractivity contribution is -0.137. The highest BCUT2D eigenvalue weighted by Crippen LogP contribution is 2.22. The molecule has 0 atom stereocenters. The fourth-order valence-corrected chi connectivity index (χ4v) is 2.21. The van der Waals surface area contributed by atoms with Crippen molar-refractivity contribution in [3.05, 3.63) is 29.8 Å². The monoisotopic (exact) mass is 292 g/mol. The molecule has 0 radical (unpaired) electrons. The number of para-hydroxylation sites is 1. The largest absolute Gasteiger partial charge is 0.491 e. The predicted molar refractivity (Wildman–Crippen MR) is 77.2 cm³/mol. The van der Waals surface area contributed by atoms with Gasteiger partial charge < -0.3 is 20.1 Å². The number of hydrogen-bond acceptors (Lipinski definition) is 3. The molecule has 1 heterocycles. The van der Waals surface area contributed by atoms with E-state index in [4.69, 9.17) is 9.84 Å². The van der Waals surface area contributed by atoms with Gasteiger partial charge in [0.15, 0.2) is 0 Å². The molecule has 2 amide bonds. The van der Waals surface area contributed by atoms with Crippen molar-refractivity contribution in [1.82, 2.24) is 10.2 Å². The van der Waals surface area contributed by atoms with Gasteiger partial charge in [-0.25, -0.2) is 4.79 Å². The fraction of sp³-hybridized carbons (Fsp3) is 0.467. The maximum atomic E-state index is 12.1. The van der Waals surface area contributed by atoms with Crippen LogP contribution >= 0.6 is 0 Å². The molecule has 1 aliphatic rings. The Bertz CT molecular complexity index is 504. The molecule has 6 nitrogen and oxygen atoms in total. The average Bonchev–Trinajstić information content (AvgIpc) is 2.68. The first kappa shape index (κ1) is 15.2. The lowest BCUT2D eigenvalue weighted by atomic mass is 10.2. The molecule has 1 aromatic carbocycles. The number of nitrogens with zero attached hydrogens (tertiary/aromatic N) is 1. The van der Waals surface area contributed by atoms with Crippen molar-refractivity contribution in [3.8, 4) is 5.75 Å². The quantitative estimate of drug-likeness (QED) is 0.812.